The summed E-state index contributed by atoms with van der Waals surface area (Å²) < 4.78 is -1.28. The molecular weight excluding hydrogens is 328 g/mol. The van der Waals surface area contributed by atoms with Gasteiger partial charge in [0.25, 0.3) is 0 Å². The number of hydrogen-bond acceptors (Lipinski definition) is 2. The Morgan fingerprint density at radius 2 is 1.33 bits per heavy atom. The van der Waals surface area contributed by atoms with Crippen molar-refractivity contribution in [2.45, 2.75) is 24.1 Å². The van der Waals surface area contributed by atoms with Crippen LogP contribution in [-0.4, -0.2) is 11.6 Å². The highest BCUT2D eigenvalue weighted by Crippen LogP contribution is 2.46. The number of hydrogen-bond donors (Lipinski definition) is 0. The summed E-state index contributed by atoms with van der Waals surface area (Å²) in [7, 11) is 0. The minimum Gasteiger partial charge on any atom is -0.292 e. The van der Waals surface area contributed by atoms with E-state index in [-0.39, 0.29) is 17.5 Å². The van der Waals surface area contributed by atoms with Gasteiger partial charge in [0.2, 0.25) is 0 Å². The lowest BCUT2D eigenvalue weighted by Crippen LogP contribution is -2.32. The van der Waals surface area contributed by atoms with Crippen LogP contribution in [0.4, 0.5) is 0 Å². The van der Waals surface area contributed by atoms with E-state index in [0.29, 0.717) is 11.1 Å². The van der Waals surface area contributed by atoms with Gasteiger partial charge in [-0.2, -0.15) is 0 Å². The molecule has 0 atom stereocenters. The van der Waals surface area contributed by atoms with Crippen molar-refractivity contribution in [3.05, 3.63) is 70.8 Å². The van der Waals surface area contributed by atoms with E-state index >= 15 is 0 Å². The molecule has 21 heavy (non-hydrogen) atoms. The summed E-state index contributed by atoms with van der Waals surface area (Å²) in [6, 6.07) is 14.7. The third-order valence-electron chi connectivity index (χ3n) is 4.00. The smallest absolute Gasteiger partial charge is 0.192 e. The SMILES string of the molecule is CC(C)c1ccccc1C1(Br)C(=O)c2ccccc2C1=O. The summed E-state index contributed by atoms with van der Waals surface area (Å²) in [5.74, 6) is -0.104. The third kappa shape index (κ3) is 1.91. The second-order valence-electron chi connectivity index (χ2n) is 5.60. The number of rotatable bonds is 2. The summed E-state index contributed by atoms with van der Waals surface area (Å²) >= 11 is 3.49. The summed E-state index contributed by atoms with van der Waals surface area (Å²) in [5, 5.41) is 0. The van der Waals surface area contributed by atoms with Crippen LogP contribution in [-0.2, 0) is 4.32 Å². The fourth-order valence-electron chi connectivity index (χ4n) is 2.91. The first-order valence-electron chi connectivity index (χ1n) is 6.95. The molecule has 0 spiro atoms. The number of carbonyl (C=O) groups excluding carboxylic acids is 2. The fourth-order valence-corrected chi connectivity index (χ4v) is 3.70. The Morgan fingerprint density at radius 3 is 1.86 bits per heavy atom. The first kappa shape index (κ1) is 14.2. The van der Waals surface area contributed by atoms with Crippen LogP contribution in [0.1, 0.15) is 51.6 Å². The monoisotopic (exact) mass is 342 g/mol. The molecule has 0 aromatic heterocycles. The molecule has 0 saturated carbocycles. The molecule has 2 aromatic rings. The van der Waals surface area contributed by atoms with E-state index < -0.39 is 4.32 Å². The van der Waals surface area contributed by atoms with Crippen molar-refractivity contribution in [1.29, 1.82) is 0 Å². The van der Waals surface area contributed by atoms with Crippen LogP contribution >= 0.6 is 15.9 Å². The lowest BCUT2D eigenvalue weighted by atomic mass is 9.86. The summed E-state index contributed by atoms with van der Waals surface area (Å²) in [4.78, 5) is 25.7. The maximum atomic E-state index is 12.8. The number of halogens is 1. The highest BCUT2D eigenvalue weighted by molar-refractivity contribution is 9.10. The van der Waals surface area contributed by atoms with Gasteiger partial charge in [-0.3, -0.25) is 9.59 Å². The van der Waals surface area contributed by atoms with E-state index in [1.165, 1.54) is 0 Å². The number of alkyl halides is 1. The van der Waals surface area contributed by atoms with Crippen molar-refractivity contribution in [2.24, 2.45) is 0 Å². The molecule has 0 unspecified atom stereocenters. The maximum absolute atomic E-state index is 12.8. The molecule has 0 radical (unpaired) electrons. The van der Waals surface area contributed by atoms with E-state index in [0.717, 1.165) is 11.1 Å². The number of benzene rings is 2. The van der Waals surface area contributed by atoms with Crippen molar-refractivity contribution < 1.29 is 9.59 Å². The van der Waals surface area contributed by atoms with Crippen LogP contribution < -0.4 is 0 Å². The van der Waals surface area contributed by atoms with Crippen LogP contribution in [0.2, 0.25) is 0 Å². The van der Waals surface area contributed by atoms with Gasteiger partial charge in [-0.15, -0.1) is 0 Å². The molecule has 0 saturated heterocycles. The molecule has 0 fully saturated rings. The molecule has 2 aromatic carbocycles. The zero-order chi connectivity index (χ0) is 15.2. The topological polar surface area (TPSA) is 34.1 Å². The average Bonchev–Trinajstić information content (AvgIpc) is 2.70. The van der Waals surface area contributed by atoms with Crippen molar-refractivity contribution in [2.75, 3.05) is 0 Å². The largest absolute Gasteiger partial charge is 0.292 e. The predicted molar refractivity (Wildman–Crippen MR) is 86.2 cm³/mol. The molecule has 3 heteroatoms. The highest BCUT2D eigenvalue weighted by Gasteiger charge is 2.53. The second kappa shape index (κ2) is 4.92. The van der Waals surface area contributed by atoms with Crippen LogP contribution in [0.3, 0.4) is 0 Å². The van der Waals surface area contributed by atoms with Crippen LogP contribution in [0.25, 0.3) is 0 Å². The Morgan fingerprint density at radius 1 is 0.857 bits per heavy atom. The van der Waals surface area contributed by atoms with E-state index in [9.17, 15) is 9.59 Å². The summed E-state index contributed by atoms with van der Waals surface area (Å²) in [6.07, 6.45) is 0. The number of fused-ring (bicyclic) bond motifs is 1. The quantitative estimate of drug-likeness (QED) is 0.595. The molecule has 106 valence electrons. The molecule has 3 rings (SSSR count). The van der Waals surface area contributed by atoms with Gasteiger partial charge >= 0.3 is 0 Å². The maximum Gasteiger partial charge on any atom is 0.192 e. The lowest BCUT2D eigenvalue weighted by molar-refractivity contribution is 0.0871. The van der Waals surface area contributed by atoms with Crippen molar-refractivity contribution in [3.8, 4) is 0 Å². The lowest BCUT2D eigenvalue weighted by Gasteiger charge is -2.23. The number of carbonyl (C=O) groups is 2. The van der Waals surface area contributed by atoms with Crippen molar-refractivity contribution >= 4 is 27.5 Å². The van der Waals surface area contributed by atoms with Gasteiger partial charge in [-0.25, -0.2) is 0 Å². The normalized spacial score (nSPS) is 16.4. The Balaban J connectivity index is 2.25. The molecule has 1 aliphatic rings. The van der Waals surface area contributed by atoms with Crippen LogP contribution in [0, 0.1) is 0 Å². The standard InChI is InChI=1S/C18H15BrO2/c1-11(2)12-7-5-6-10-15(12)18(19)16(20)13-8-3-4-9-14(13)17(18)21/h3-11H,1-2H3. The van der Waals surface area contributed by atoms with E-state index in [4.69, 9.17) is 0 Å². The second-order valence-corrected chi connectivity index (χ2v) is 6.79. The van der Waals surface area contributed by atoms with Crippen LogP contribution in [0.15, 0.2) is 48.5 Å². The first-order chi connectivity index (χ1) is 9.98. The van der Waals surface area contributed by atoms with Gasteiger partial charge in [-0.1, -0.05) is 78.3 Å². The van der Waals surface area contributed by atoms with E-state index in [1.54, 1.807) is 24.3 Å². The molecule has 0 amide bonds. The van der Waals surface area contributed by atoms with Gasteiger partial charge in [-0.05, 0) is 17.0 Å². The third-order valence-corrected chi connectivity index (χ3v) is 5.14. The fraction of sp³-hybridized carbons (Fsp3) is 0.222. The van der Waals surface area contributed by atoms with Gasteiger partial charge in [0, 0.05) is 11.1 Å². The van der Waals surface area contributed by atoms with Gasteiger partial charge < -0.3 is 0 Å². The predicted octanol–water partition coefficient (Wildman–Crippen LogP) is 4.48. The molecule has 2 nitrogen and oxygen atoms in total. The zero-order valence-corrected chi connectivity index (χ0v) is 13.5. The minimum atomic E-state index is -1.28. The number of ketones is 2. The Kier molecular flexibility index (Phi) is 3.33. The molecule has 0 N–H and O–H groups in total. The first-order valence-corrected chi connectivity index (χ1v) is 7.74. The Hall–Kier alpha value is -1.74. The van der Waals surface area contributed by atoms with E-state index in [2.05, 4.69) is 29.8 Å². The molecule has 1 aliphatic carbocycles. The average molecular weight is 343 g/mol. The van der Waals surface area contributed by atoms with Crippen molar-refractivity contribution in [3.63, 3.8) is 0 Å². The van der Waals surface area contributed by atoms with Crippen LogP contribution in [0.5, 0.6) is 0 Å². The van der Waals surface area contributed by atoms with Crippen molar-refractivity contribution in [1.82, 2.24) is 0 Å². The molecule has 0 aliphatic heterocycles. The minimum absolute atomic E-state index is 0.170. The number of Topliss-reactive ketones (excluding diaryl/α,β-unsaturated/α-hetero) is 2. The van der Waals surface area contributed by atoms with Gasteiger partial charge in [0.05, 0.1) is 0 Å². The van der Waals surface area contributed by atoms with Gasteiger partial charge in [0.15, 0.2) is 15.9 Å². The molecular formula is C18H15BrO2. The Labute approximate surface area is 132 Å². The molecule has 0 heterocycles. The summed E-state index contributed by atoms with van der Waals surface area (Å²) in [5.41, 5.74) is 2.77. The summed E-state index contributed by atoms with van der Waals surface area (Å²) in [6.45, 7) is 4.12. The zero-order valence-electron chi connectivity index (χ0n) is 11.9. The van der Waals surface area contributed by atoms with Gasteiger partial charge in [0.1, 0.15) is 0 Å². The highest BCUT2D eigenvalue weighted by atomic mass is 79.9. The van der Waals surface area contributed by atoms with E-state index in [1.807, 2.05) is 24.3 Å². The molecule has 0 bridgehead atoms. The Bertz CT molecular complexity index is 711.